The van der Waals surface area contributed by atoms with Crippen molar-refractivity contribution in [3.8, 4) is 0 Å². The van der Waals surface area contributed by atoms with Crippen molar-refractivity contribution in [3.63, 3.8) is 0 Å². The van der Waals surface area contributed by atoms with Gasteiger partial charge in [-0.25, -0.2) is 0 Å². The minimum atomic E-state index is -6.45. The van der Waals surface area contributed by atoms with Gasteiger partial charge in [0.1, 0.15) is 18.5 Å². The number of alkyl halides is 3. The first-order chi connectivity index (χ1) is 13.9. The van der Waals surface area contributed by atoms with E-state index < -0.39 is 34.9 Å². The monoisotopic (exact) mass is 483 g/mol. The minimum Gasteiger partial charge on any atom is -0.382 e. The highest BCUT2D eigenvalue weighted by atomic mass is 32.3. The normalized spacial score (nSPS) is 17.6. The number of rotatable bonds is 15. The van der Waals surface area contributed by atoms with Crippen LogP contribution in [0.5, 0.6) is 0 Å². The molecule has 15 heteroatoms. The van der Waals surface area contributed by atoms with Gasteiger partial charge < -0.3 is 14.4 Å². The van der Waals surface area contributed by atoms with Crippen molar-refractivity contribution in [1.29, 1.82) is 0 Å². The largest absolute Gasteiger partial charge is 0.566 e. The summed E-state index contributed by atoms with van der Waals surface area (Å²) < 4.78 is 90.2. The summed E-state index contributed by atoms with van der Waals surface area (Å²) in [6.45, 7) is 3.98. The Morgan fingerprint density at radius 1 is 1.07 bits per heavy atom. The van der Waals surface area contributed by atoms with Gasteiger partial charge in [-0.1, -0.05) is 12.8 Å². The number of hydrogen-bond acceptors (Lipinski definition) is 8. The summed E-state index contributed by atoms with van der Waals surface area (Å²) >= 11 is 0. The number of nitroso groups, excluding NO2 is 1. The summed E-state index contributed by atoms with van der Waals surface area (Å²) in [5.41, 5.74) is -5.96. The molecule has 176 valence electrons. The van der Waals surface area contributed by atoms with Crippen LogP contribution in [0.15, 0.2) is 12.4 Å². The van der Waals surface area contributed by atoms with Crippen molar-refractivity contribution in [3.05, 3.63) is 17.3 Å². The Bertz CT molecular complexity index is 786. The third-order valence-electron chi connectivity index (χ3n) is 4.24. The fourth-order valence-electron chi connectivity index (χ4n) is 2.60. The maximum absolute atomic E-state index is 12.3. The van der Waals surface area contributed by atoms with Gasteiger partial charge in [-0.2, -0.15) is 21.6 Å². The van der Waals surface area contributed by atoms with E-state index in [0.717, 1.165) is 13.2 Å². The lowest BCUT2D eigenvalue weighted by Crippen LogP contribution is -3.07. The van der Waals surface area contributed by atoms with E-state index in [9.17, 15) is 34.9 Å². The first-order valence-electron chi connectivity index (χ1n) is 9.27. The number of hydrogen-bond donors (Lipinski definition) is 1. The number of nitrogens with zero attached hydrogens (tertiary/aromatic N) is 2. The van der Waals surface area contributed by atoms with E-state index in [1.165, 1.54) is 4.90 Å². The number of unbranched alkanes of at least 4 members (excludes halogenated alkanes) is 3. The molecule has 0 spiro atoms. The second kappa shape index (κ2) is 11.9. The van der Waals surface area contributed by atoms with Crippen molar-refractivity contribution in [2.24, 2.45) is 0 Å². The van der Waals surface area contributed by atoms with Crippen LogP contribution < -0.4 is 4.90 Å². The second-order valence-electron chi connectivity index (χ2n) is 6.64. The molecule has 1 aliphatic rings. The zero-order chi connectivity index (χ0) is 22.8. The molecule has 0 aromatic heterocycles. The Morgan fingerprint density at radius 2 is 1.73 bits per heavy atom. The quantitative estimate of drug-likeness (QED) is 0.252. The van der Waals surface area contributed by atoms with Gasteiger partial charge in [-0.05, 0) is 12.8 Å². The topological polar surface area (TPSA) is 114 Å². The lowest BCUT2D eigenvalue weighted by atomic mass is 10.2. The van der Waals surface area contributed by atoms with Gasteiger partial charge >= 0.3 is 25.6 Å². The predicted octanol–water partition coefficient (Wildman–Crippen LogP) is -0.203. The third-order valence-corrected chi connectivity index (χ3v) is 7.75. The molecule has 0 fully saturated rings. The summed E-state index contributed by atoms with van der Waals surface area (Å²) in [4.78, 5) is 14.5. The molecule has 30 heavy (non-hydrogen) atoms. The molecule has 0 bridgehead atoms. The summed E-state index contributed by atoms with van der Waals surface area (Å²) in [6, 6.07) is 0. The molecule has 1 atom stereocenters. The zero-order valence-electron chi connectivity index (χ0n) is 16.6. The summed E-state index contributed by atoms with van der Waals surface area (Å²) in [7, 11) is -9.95. The molecular weight excluding hydrogens is 455 g/mol. The molecule has 0 saturated carbocycles. The molecule has 0 amide bonds. The minimum absolute atomic E-state index is 0.111. The number of halogens is 3. The SMILES string of the molecule is COCCOCC[NH+]1C=CN(CCCCCCS(=O)(=O)[N+](=O)S(=O)(=O)C(F)(F)F)C1. The van der Waals surface area contributed by atoms with Crippen molar-refractivity contribution in [2.45, 2.75) is 31.2 Å². The molecular formula is C15H28F3N3O7S2+2. The fourth-order valence-corrected chi connectivity index (χ4v) is 5.16. The van der Waals surface area contributed by atoms with Crippen LogP contribution >= 0.6 is 0 Å². The van der Waals surface area contributed by atoms with Crippen molar-refractivity contribution in [1.82, 2.24) is 4.90 Å². The summed E-state index contributed by atoms with van der Waals surface area (Å²) in [5.74, 6) is -0.962. The van der Waals surface area contributed by atoms with E-state index in [0.29, 0.717) is 45.6 Å². The second-order valence-corrected chi connectivity index (χ2v) is 10.5. The van der Waals surface area contributed by atoms with Crippen LogP contribution in [0.4, 0.5) is 13.2 Å². The molecule has 1 aliphatic heterocycles. The van der Waals surface area contributed by atoms with Gasteiger partial charge in [-0.15, -0.1) is 8.42 Å². The smallest absolute Gasteiger partial charge is 0.382 e. The summed E-state index contributed by atoms with van der Waals surface area (Å²) in [6.07, 6.45) is 5.48. The maximum Gasteiger partial charge on any atom is 0.566 e. The first-order valence-corrected chi connectivity index (χ1v) is 12.3. The van der Waals surface area contributed by atoms with Crippen LogP contribution in [0.3, 0.4) is 0 Å². The van der Waals surface area contributed by atoms with Crippen molar-refractivity contribution < 1.29 is 48.0 Å². The van der Waals surface area contributed by atoms with Gasteiger partial charge in [0.05, 0.1) is 30.9 Å². The molecule has 0 saturated heterocycles. The van der Waals surface area contributed by atoms with Gasteiger partial charge in [0, 0.05) is 13.7 Å². The van der Waals surface area contributed by atoms with Gasteiger partial charge in [-0.3, -0.25) is 4.90 Å². The molecule has 0 aromatic rings. The molecule has 10 nitrogen and oxygen atoms in total. The molecule has 0 aliphatic carbocycles. The highest BCUT2D eigenvalue weighted by molar-refractivity contribution is 7.97. The van der Waals surface area contributed by atoms with E-state index in [-0.39, 0.29) is 6.42 Å². The van der Waals surface area contributed by atoms with E-state index in [1.807, 2.05) is 12.4 Å². The van der Waals surface area contributed by atoms with Gasteiger partial charge in [0.25, 0.3) is 3.57 Å². The number of methoxy groups -OCH3 is 1. The molecule has 0 aromatic carbocycles. The van der Waals surface area contributed by atoms with Crippen LogP contribution in [0.25, 0.3) is 0 Å². The van der Waals surface area contributed by atoms with Crippen LogP contribution in [-0.4, -0.2) is 83.3 Å². The average Bonchev–Trinajstić information content (AvgIpc) is 3.10. The Kier molecular flexibility index (Phi) is 10.6. The Labute approximate surface area is 174 Å². The number of nitrogens with one attached hydrogen (secondary N) is 1. The number of quaternary nitrogens is 1. The van der Waals surface area contributed by atoms with Crippen LogP contribution in [0.1, 0.15) is 25.7 Å². The third kappa shape index (κ3) is 8.45. The highest BCUT2D eigenvalue weighted by Crippen LogP contribution is 2.26. The Balaban J connectivity index is 2.20. The van der Waals surface area contributed by atoms with Crippen molar-refractivity contribution in [2.75, 3.05) is 52.4 Å². The predicted molar refractivity (Wildman–Crippen MR) is 100 cm³/mol. The lowest BCUT2D eigenvalue weighted by Gasteiger charge is -2.17. The first kappa shape index (κ1) is 26.7. The van der Waals surface area contributed by atoms with Crippen LogP contribution in [0, 0.1) is 4.91 Å². The number of ether oxygens (including phenoxy) is 2. The van der Waals surface area contributed by atoms with E-state index >= 15 is 0 Å². The maximum atomic E-state index is 12.3. The molecule has 1 N–H and O–H groups in total. The average molecular weight is 484 g/mol. The lowest BCUT2D eigenvalue weighted by molar-refractivity contribution is -0.849. The van der Waals surface area contributed by atoms with Crippen LogP contribution in [0.2, 0.25) is 0 Å². The van der Waals surface area contributed by atoms with Gasteiger partial charge in [0.2, 0.25) is 0 Å². The molecule has 1 heterocycles. The zero-order valence-corrected chi connectivity index (χ0v) is 18.3. The Morgan fingerprint density at radius 3 is 2.37 bits per heavy atom. The fraction of sp³-hybridized carbons (Fsp3) is 0.867. The van der Waals surface area contributed by atoms with Crippen molar-refractivity contribution >= 4 is 20.0 Å². The van der Waals surface area contributed by atoms with Gasteiger partial charge in [0.15, 0.2) is 6.67 Å². The van der Waals surface area contributed by atoms with E-state index in [4.69, 9.17) is 9.47 Å². The summed E-state index contributed by atoms with van der Waals surface area (Å²) in [5, 5.41) is 0. The molecule has 1 rings (SSSR count). The number of sulfonamides is 2. The highest BCUT2D eigenvalue weighted by Gasteiger charge is 2.63. The molecule has 0 radical (unpaired) electrons. The standard InChI is InChI=1S/C15H27F3N3O7S2/c1-27-11-12-28-10-9-20-8-7-19(14-20)6-4-2-3-5-13-29(23,24)21(22)30(25,26)15(16,17)18/h7-8H,2-6,9-14H2,1H3/q+1/p+1. The van der Waals surface area contributed by atoms with Crippen LogP contribution in [-0.2, 0) is 29.5 Å². The Hall–Kier alpha value is -1.29. The molecule has 1 unspecified atom stereocenters. The van der Waals surface area contributed by atoms with E-state index in [2.05, 4.69) is 4.90 Å². The van der Waals surface area contributed by atoms with E-state index in [1.54, 1.807) is 7.11 Å².